The van der Waals surface area contributed by atoms with Crippen LogP contribution in [-0.4, -0.2) is 93.2 Å². The quantitative estimate of drug-likeness (QED) is 0.287. The van der Waals surface area contributed by atoms with Gasteiger partial charge in [0.05, 0.1) is 22.5 Å². The number of imidazole rings is 1. The van der Waals surface area contributed by atoms with Crippen molar-refractivity contribution >= 4 is 41.0 Å². The molecule has 0 aliphatic carbocycles. The van der Waals surface area contributed by atoms with Crippen LogP contribution in [0.3, 0.4) is 0 Å². The molecule has 3 heterocycles. The molecule has 3 aromatic rings. The summed E-state index contributed by atoms with van der Waals surface area (Å²) in [4.78, 5) is 55.3. The lowest BCUT2D eigenvalue weighted by Crippen LogP contribution is -2.44. The first-order chi connectivity index (χ1) is 23.9. The summed E-state index contributed by atoms with van der Waals surface area (Å²) in [5, 5.41) is 9.82. The van der Waals surface area contributed by atoms with Crippen LogP contribution in [0.25, 0.3) is 11.3 Å². The second-order valence-corrected chi connectivity index (χ2v) is 11.9. The summed E-state index contributed by atoms with van der Waals surface area (Å²) in [6.07, 6.45) is -2.08. The van der Waals surface area contributed by atoms with E-state index in [1.165, 1.54) is 29.8 Å². The van der Waals surface area contributed by atoms with Crippen LogP contribution in [-0.2, 0) is 16.6 Å². The Balaban J connectivity index is 0.000000755. The number of anilines is 1. The van der Waals surface area contributed by atoms with Crippen molar-refractivity contribution in [2.24, 2.45) is 18.7 Å². The smallest absolute Gasteiger partial charge is 0.475 e. The summed E-state index contributed by atoms with van der Waals surface area (Å²) < 4.78 is 90.7. The molecule has 1 aromatic heterocycles. The molecule has 4 N–H and O–H groups in total. The van der Waals surface area contributed by atoms with Gasteiger partial charge in [0.1, 0.15) is 0 Å². The van der Waals surface area contributed by atoms with E-state index in [-0.39, 0.29) is 57.1 Å². The number of aromatic nitrogens is 2. The number of carboxylic acids is 1. The van der Waals surface area contributed by atoms with E-state index < -0.39 is 42.0 Å². The zero-order valence-corrected chi connectivity index (χ0v) is 27.3. The number of nitrogens with one attached hydrogen (secondary N) is 1. The van der Waals surface area contributed by atoms with E-state index in [0.29, 0.717) is 39.0 Å². The van der Waals surface area contributed by atoms with Crippen molar-refractivity contribution in [1.82, 2.24) is 19.4 Å². The summed E-state index contributed by atoms with van der Waals surface area (Å²) in [6.45, 7) is -1.31. The van der Waals surface area contributed by atoms with Gasteiger partial charge in [-0.15, -0.1) is 0 Å². The molecule has 2 fully saturated rings. The number of nitrogens with two attached hydrogens (primary N) is 1. The van der Waals surface area contributed by atoms with E-state index in [9.17, 15) is 45.1 Å². The van der Waals surface area contributed by atoms with Crippen molar-refractivity contribution in [2.45, 2.75) is 38.1 Å². The van der Waals surface area contributed by atoms with Crippen LogP contribution < -0.4 is 15.8 Å². The minimum absolute atomic E-state index is 0.00333. The van der Waals surface area contributed by atoms with Gasteiger partial charge in [-0.05, 0) is 49.6 Å². The number of likely N-dealkylation sites (tertiary alicyclic amines) is 2. The fourth-order valence-electron chi connectivity index (χ4n) is 5.49. The Morgan fingerprint density at radius 2 is 1.65 bits per heavy atom. The number of piperidine rings is 1. The molecule has 1 atom stereocenters. The van der Waals surface area contributed by atoms with E-state index in [4.69, 9.17) is 27.2 Å². The van der Waals surface area contributed by atoms with Crippen molar-refractivity contribution in [1.29, 1.82) is 0 Å². The number of halogens is 8. The lowest BCUT2D eigenvalue weighted by atomic mass is 9.95. The topological polar surface area (TPSA) is 160 Å². The molecular weight excluding hydrogens is 721 g/mol. The fourth-order valence-corrected chi connectivity index (χ4v) is 5.75. The number of hydrogen-bond donors (Lipinski definition) is 3. The van der Waals surface area contributed by atoms with E-state index in [1.54, 1.807) is 9.80 Å². The van der Waals surface area contributed by atoms with Crippen LogP contribution in [0.1, 0.15) is 40.2 Å². The van der Waals surface area contributed by atoms with Crippen LogP contribution >= 0.6 is 11.6 Å². The maximum absolute atomic E-state index is 14.6. The lowest BCUT2D eigenvalue weighted by Gasteiger charge is -2.33. The van der Waals surface area contributed by atoms with E-state index in [0.717, 1.165) is 24.8 Å². The van der Waals surface area contributed by atoms with Crippen molar-refractivity contribution in [3.63, 3.8) is 0 Å². The largest absolute Gasteiger partial charge is 0.490 e. The Hall–Kier alpha value is -4.91. The van der Waals surface area contributed by atoms with Gasteiger partial charge in [0, 0.05) is 56.4 Å². The molecular formula is C31H30ClF7N6O6. The molecule has 276 valence electrons. The molecule has 0 unspecified atom stereocenters. The molecule has 2 saturated heterocycles. The zero-order chi connectivity index (χ0) is 37.8. The summed E-state index contributed by atoms with van der Waals surface area (Å²) in [5.41, 5.74) is 6.09. The number of ether oxygens (including phenoxy) is 1. The second kappa shape index (κ2) is 16.0. The minimum Gasteiger partial charge on any atom is -0.475 e. The average Bonchev–Trinajstić information content (AvgIpc) is 3.68. The summed E-state index contributed by atoms with van der Waals surface area (Å²) in [7, 11) is 1.39. The molecule has 3 amide bonds. The van der Waals surface area contributed by atoms with Gasteiger partial charge < -0.3 is 35.3 Å². The van der Waals surface area contributed by atoms with Crippen LogP contribution in [0.4, 0.5) is 36.4 Å². The Morgan fingerprint density at radius 1 is 1.02 bits per heavy atom. The van der Waals surface area contributed by atoms with Crippen molar-refractivity contribution in [2.75, 3.05) is 31.5 Å². The molecule has 2 aromatic carbocycles. The first-order valence-electron chi connectivity index (χ1n) is 15.1. The molecule has 2 aliphatic heterocycles. The number of hydrogen-bond acceptors (Lipinski definition) is 7. The maximum Gasteiger partial charge on any atom is 0.490 e. The average molecular weight is 751 g/mol. The second-order valence-electron chi connectivity index (χ2n) is 11.5. The van der Waals surface area contributed by atoms with Gasteiger partial charge in [-0.25, -0.2) is 14.2 Å². The third-order valence-corrected chi connectivity index (χ3v) is 8.41. The standard InChI is InChI=1S/C29H29ClF4N6O4.C2HF3O2/c1-38-21(19-4-5-22(44-29(33)34)24(32)23(19)31)13-36-25(38)26(41)37-17-2-3-18(20(30)12-17)28(43)39-9-6-15(7-10-39)27(42)40-11-8-16(35)14-40;3-2(4,5)1(6)7/h2-5,12-13,15-16,29H,6-11,14,35H2,1H3,(H,37,41);(H,6,7)/t16-;/m0./s1. The molecule has 2 aliphatic rings. The lowest BCUT2D eigenvalue weighted by molar-refractivity contribution is -0.192. The number of aliphatic carboxylic acids is 1. The predicted octanol–water partition coefficient (Wildman–Crippen LogP) is 4.92. The van der Waals surface area contributed by atoms with Crippen LogP contribution in [0.2, 0.25) is 5.02 Å². The molecule has 12 nitrogen and oxygen atoms in total. The molecule has 0 spiro atoms. The Kier molecular flexibility index (Phi) is 12.2. The van der Waals surface area contributed by atoms with Gasteiger partial charge in [0.2, 0.25) is 11.7 Å². The van der Waals surface area contributed by atoms with Crippen LogP contribution in [0, 0.1) is 17.6 Å². The monoisotopic (exact) mass is 750 g/mol. The SMILES string of the molecule is Cn1c(-c2ccc(OC(F)F)c(F)c2F)cnc1C(=O)Nc1ccc(C(=O)N2CCC(C(=O)N3CC[C@H](N)C3)CC2)c(Cl)c1.O=C(O)C(F)(F)F. The number of carboxylic acid groups (broad SMARTS) is 1. The number of carbonyl (C=O) groups is 4. The molecule has 0 saturated carbocycles. The first-order valence-corrected chi connectivity index (χ1v) is 15.5. The number of rotatable bonds is 7. The maximum atomic E-state index is 14.6. The van der Waals surface area contributed by atoms with Gasteiger partial charge in [-0.3, -0.25) is 14.4 Å². The minimum atomic E-state index is -5.08. The van der Waals surface area contributed by atoms with E-state index in [2.05, 4.69) is 15.0 Å². The van der Waals surface area contributed by atoms with E-state index in [1.807, 2.05) is 0 Å². The third kappa shape index (κ3) is 9.26. The molecule has 5 rings (SSSR count). The normalized spacial score (nSPS) is 16.5. The van der Waals surface area contributed by atoms with Gasteiger partial charge in [0.15, 0.2) is 17.4 Å². The number of nitrogens with zero attached hydrogens (tertiary/aromatic N) is 4. The number of benzene rings is 2. The highest BCUT2D eigenvalue weighted by Gasteiger charge is 2.38. The summed E-state index contributed by atoms with van der Waals surface area (Å²) in [6, 6.07) is 6.27. The highest BCUT2D eigenvalue weighted by atomic mass is 35.5. The highest BCUT2D eigenvalue weighted by molar-refractivity contribution is 6.34. The van der Waals surface area contributed by atoms with Crippen molar-refractivity contribution < 1.29 is 59.8 Å². The van der Waals surface area contributed by atoms with Crippen molar-refractivity contribution in [3.05, 3.63) is 64.6 Å². The van der Waals surface area contributed by atoms with Gasteiger partial charge in [-0.2, -0.15) is 26.3 Å². The number of alkyl halides is 5. The molecule has 0 radical (unpaired) electrons. The zero-order valence-electron chi connectivity index (χ0n) is 26.5. The Labute approximate surface area is 289 Å². The Bertz CT molecular complexity index is 1800. The third-order valence-electron chi connectivity index (χ3n) is 8.10. The summed E-state index contributed by atoms with van der Waals surface area (Å²) in [5.74, 6) is -8.02. The van der Waals surface area contributed by atoms with E-state index >= 15 is 0 Å². The summed E-state index contributed by atoms with van der Waals surface area (Å²) >= 11 is 6.42. The number of carbonyl (C=O) groups excluding carboxylic acids is 3. The molecule has 20 heteroatoms. The van der Waals surface area contributed by atoms with Crippen molar-refractivity contribution in [3.8, 4) is 17.0 Å². The number of amides is 3. The van der Waals surface area contributed by atoms with Gasteiger partial charge >= 0.3 is 18.8 Å². The Morgan fingerprint density at radius 3 is 2.20 bits per heavy atom. The predicted molar refractivity (Wildman–Crippen MR) is 166 cm³/mol. The van der Waals surface area contributed by atoms with Gasteiger partial charge in [-0.1, -0.05) is 11.6 Å². The van der Waals surface area contributed by atoms with Crippen LogP contribution in [0.5, 0.6) is 5.75 Å². The molecule has 0 bridgehead atoms. The fraction of sp³-hybridized carbons (Fsp3) is 0.387. The first kappa shape index (κ1) is 38.9. The molecule has 51 heavy (non-hydrogen) atoms. The van der Waals surface area contributed by atoms with Crippen LogP contribution in [0.15, 0.2) is 36.5 Å². The highest BCUT2D eigenvalue weighted by Crippen LogP contribution is 2.31. The van der Waals surface area contributed by atoms with Gasteiger partial charge in [0.25, 0.3) is 11.8 Å².